The summed E-state index contributed by atoms with van der Waals surface area (Å²) in [6, 6.07) is 5.74. The van der Waals surface area contributed by atoms with Gasteiger partial charge in [-0.15, -0.1) is 0 Å². The van der Waals surface area contributed by atoms with E-state index in [2.05, 4.69) is 16.3 Å². The van der Waals surface area contributed by atoms with Gasteiger partial charge in [-0.1, -0.05) is 6.07 Å². The standard InChI is InChI=1S/C24H35N5O3/c25-12-1-2-13-28(17-8-6-16(14-26)7-9-17)20-5-3-4-18-19(20)15-29(24(18)32)21-10-11-22(30)27-23(21)31/h3-5,16-17,21H,1-2,6-15,25-26H2,(H,27,30,31). The monoisotopic (exact) mass is 441 g/mol. The number of nitrogens with zero attached hydrogens (tertiary/aromatic N) is 2. The lowest BCUT2D eigenvalue weighted by molar-refractivity contribution is -0.136. The maximum absolute atomic E-state index is 13.2. The molecule has 32 heavy (non-hydrogen) atoms. The molecule has 174 valence electrons. The maximum Gasteiger partial charge on any atom is 0.255 e. The Balaban J connectivity index is 1.59. The lowest BCUT2D eigenvalue weighted by Gasteiger charge is -2.39. The van der Waals surface area contributed by atoms with Crippen molar-refractivity contribution in [2.75, 3.05) is 24.5 Å². The van der Waals surface area contributed by atoms with Crippen molar-refractivity contribution in [3.8, 4) is 0 Å². The average Bonchev–Trinajstić information content (AvgIpc) is 3.14. The third-order valence-corrected chi connectivity index (χ3v) is 7.31. The first-order valence-electron chi connectivity index (χ1n) is 12.0. The van der Waals surface area contributed by atoms with Crippen molar-refractivity contribution in [1.29, 1.82) is 0 Å². The highest BCUT2D eigenvalue weighted by atomic mass is 16.2. The Morgan fingerprint density at radius 2 is 1.81 bits per heavy atom. The first-order chi connectivity index (χ1) is 15.5. The van der Waals surface area contributed by atoms with Crippen molar-refractivity contribution in [2.24, 2.45) is 17.4 Å². The molecule has 0 spiro atoms. The molecule has 1 aliphatic carbocycles. The van der Waals surface area contributed by atoms with Gasteiger partial charge in [0.25, 0.3) is 5.91 Å². The Labute approximate surface area is 189 Å². The first kappa shape index (κ1) is 22.7. The highest BCUT2D eigenvalue weighted by molar-refractivity contribution is 6.06. The number of nitrogens with two attached hydrogens (primary N) is 2. The number of hydrogen-bond donors (Lipinski definition) is 3. The summed E-state index contributed by atoms with van der Waals surface area (Å²) in [6.45, 7) is 2.72. The van der Waals surface area contributed by atoms with Gasteiger partial charge >= 0.3 is 0 Å². The van der Waals surface area contributed by atoms with Gasteiger partial charge in [-0.25, -0.2) is 0 Å². The third-order valence-electron chi connectivity index (χ3n) is 7.31. The second kappa shape index (κ2) is 10.0. The van der Waals surface area contributed by atoms with E-state index in [-0.39, 0.29) is 24.1 Å². The van der Waals surface area contributed by atoms with E-state index in [1.807, 2.05) is 12.1 Å². The fraction of sp³-hybridized carbons (Fsp3) is 0.625. The number of imide groups is 1. The quantitative estimate of drug-likeness (QED) is 0.415. The Morgan fingerprint density at radius 1 is 1.03 bits per heavy atom. The Bertz CT molecular complexity index is 865. The van der Waals surface area contributed by atoms with Crippen molar-refractivity contribution in [3.05, 3.63) is 29.3 Å². The van der Waals surface area contributed by atoms with Crippen LogP contribution in [0.3, 0.4) is 0 Å². The second-order valence-electron chi connectivity index (χ2n) is 9.30. The summed E-state index contributed by atoms with van der Waals surface area (Å²) < 4.78 is 0. The molecule has 8 nitrogen and oxygen atoms in total. The number of nitrogens with one attached hydrogen (secondary N) is 1. The number of benzene rings is 1. The van der Waals surface area contributed by atoms with Gasteiger partial charge < -0.3 is 21.3 Å². The van der Waals surface area contributed by atoms with Crippen LogP contribution < -0.4 is 21.7 Å². The third kappa shape index (κ3) is 4.52. The highest BCUT2D eigenvalue weighted by Gasteiger charge is 2.40. The van der Waals surface area contributed by atoms with Crippen LogP contribution >= 0.6 is 0 Å². The molecule has 1 aromatic carbocycles. The lowest BCUT2D eigenvalue weighted by Crippen LogP contribution is -2.52. The van der Waals surface area contributed by atoms with Gasteiger partial charge in [0.1, 0.15) is 6.04 Å². The fourth-order valence-electron chi connectivity index (χ4n) is 5.46. The van der Waals surface area contributed by atoms with Crippen LogP contribution in [0.2, 0.25) is 0 Å². The zero-order valence-corrected chi connectivity index (χ0v) is 18.7. The van der Waals surface area contributed by atoms with E-state index in [0.717, 1.165) is 62.9 Å². The highest BCUT2D eigenvalue weighted by Crippen LogP contribution is 2.37. The number of anilines is 1. The second-order valence-corrected chi connectivity index (χ2v) is 9.30. The molecule has 4 rings (SSSR count). The molecule has 1 saturated heterocycles. The van der Waals surface area contributed by atoms with Crippen LogP contribution in [0.4, 0.5) is 5.69 Å². The zero-order valence-electron chi connectivity index (χ0n) is 18.7. The molecule has 1 saturated carbocycles. The van der Waals surface area contributed by atoms with E-state index < -0.39 is 6.04 Å². The minimum atomic E-state index is -0.592. The number of hydrogen-bond acceptors (Lipinski definition) is 6. The molecule has 2 fully saturated rings. The van der Waals surface area contributed by atoms with Crippen LogP contribution in [0.25, 0.3) is 0 Å². The molecule has 5 N–H and O–H groups in total. The van der Waals surface area contributed by atoms with Crippen LogP contribution in [0.15, 0.2) is 18.2 Å². The number of carbonyl (C=O) groups excluding carboxylic acids is 3. The van der Waals surface area contributed by atoms with Crippen molar-refractivity contribution in [2.45, 2.75) is 70.0 Å². The molecular formula is C24H35N5O3. The molecule has 0 aromatic heterocycles. The van der Waals surface area contributed by atoms with Crippen LogP contribution in [0.5, 0.6) is 0 Å². The lowest BCUT2D eigenvalue weighted by atomic mass is 9.85. The number of carbonyl (C=O) groups is 3. The summed E-state index contributed by atoms with van der Waals surface area (Å²) in [6.07, 6.45) is 7.06. The van der Waals surface area contributed by atoms with Gasteiger partial charge in [0.15, 0.2) is 0 Å². The van der Waals surface area contributed by atoms with Crippen LogP contribution in [-0.4, -0.2) is 54.3 Å². The molecule has 1 atom stereocenters. The number of rotatable bonds is 8. The van der Waals surface area contributed by atoms with Gasteiger partial charge in [-0.05, 0) is 76.1 Å². The summed E-state index contributed by atoms with van der Waals surface area (Å²) in [5, 5.41) is 2.38. The van der Waals surface area contributed by atoms with E-state index in [0.29, 0.717) is 37.0 Å². The largest absolute Gasteiger partial charge is 0.368 e. The Morgan fingerprint density at radius 3 is 2.50 bits per heavy atom. The van der Waals surface area contributed by atoms with Gasteiger partial charge in [-0.2, -0.15) is 0 Å². The number of fused-ring (bicyclic) bond motifs is 1. The minimum Gasteiger partial charge on any atom is -0.368 e. The van der Waals surface area contributed by atoms with Crippen molar-refractivity contribution < 1.29 is 14.4 Å². The van der Waals surface area contributed by atoms with Gasteiger partial charge in [0.05, 0.1) is 0 Å². The summed E-state index contributed by atoms with van der Waals surface area (Å²) in [7, 11) is 0. The molecule has 0 bridgehead atoms. The van der Waals surface area contributed by atoms with E-state index in [1.54, 1.807) is 4.90 Å². The fourth-order valence-corrected chi connectivity index (χ4v) is 5.46. The number of amides is 3. The van der Waals surface area contributed by atoms with Crippen LogP contribution in [0, 0.1) is 5.92 Å². The predicted molar refractivity (Wildman–Crippen MR) is 123 cm³/mol. The van der Waals surface area contributed by atoms with Gasteiger partial charge in [0, 0.05) is 42.4 Å². The molecule has 0 radical (unpaired) electrons. The summed E-state index contributed by atoms with van der Waals surface area (Å²) in [4.78, 5) is 41.3. The topological polar surface area (TPSA) is 122 Å². The van der Waals surface area contributed by atoms with Crippen LogP contribution in [-0.2, 0) is 16.1 Å². The molecule has 1 aromatic rings. The first-order valence-corrected chi connectivity index (χ1v) is 12.0. The van der Waals surface area contributed by atoms with E-state index in [4.69, 9.17) is 11.5 Å². The summed E-state index contributed by atoms with van der Waals surface area (Å²) >= 11 is 0. The summed E-state index contributed by atoms with van der Waals surface area (Å²) in [5.41, 5.74) is 14.4. The van der Waals surface area contributed by atoms with Crippen molar-refractivity contribution in [1.82, 2.24) is 10.2 Å². The number of unbranched alkanes of at least 4 members (excludes halogenated alkanes) is 1. The Kier molecular flexibility index (Phi) is 7.10. The number of piperidine rings is 1. The van der Waals surface area contributed by atoms with Crippen LogP contribution in [0.1, 0.15) is 67.3 Å². The van der Waals surface area contributed by atoms with E-state index in [1.165, 1.54) is 0 Å². The smallest absolute Gasteiger partial charge is 0.255 e. The van der Waals surface area contributed by atoms with E-state index >= 15 is 0 Å². The van der Waals surface area contributed by atoms with Gasteiger partial charge in [-0.3, -0.25) is 19.7 Å². The molecule has 3 amide bonds. The van der Waals surface area contributed by atoms with Crippen molar-refractivity contribution >= 4 is 23.4 Å². The molecule has 2 aliphatic heterocycles. The maximum atomic E-state index is 13.2. The SMILES string of the molecule is NCCCCN(c1cccc2c1CN(C1CCC(=O)NC1=O)C2=O)C1CCC(CN)CC1. The normalized spacial score (nSPS) is 25.6. The minimum absolute atomic E-state index is 0.120. The molecule has 8 heteroatoms. The van der Waals surface area contributed by atoms with E-state index in [9.17, 15) is 14.4 Å². The summed E-state index contributed by atoms with van der Waals surface area (Å²) in [5.74, 6) is -0.160. The Hall–Kier alpha value is -2.45. The predicted octanol–water partition coefficient (Wildman–Crippen LogP) is 1.51. The molecule has 3 aliphatic rings. The molecular weight excluding hydrogens is 406 g/mol. The zero-order chi connectivity index (χ0) is 22.7. The van der Waals surface area contributed by atoms with Gasteiger partial charge in [0.2, 0.25) is 11.8 Å². The molecule has 2 heterocycles. The van der Waals surface area contributed by atoms with Crippen molar-refractivity contribution in [3.63, 3.8) is 0 Å². The molecule has 1 unspecified atom stereocenters. The average molecular weight is 442 g/mol.